The van der Waals surface area contributed by atoms with Gasteiger partial charge in [-0.1, -0.05) is 18.2 Å². The second-order valence-electron chi connectivity index (χ2n) is 5.40. The van der Waals surface area contributed by atoms with Crippen molar-refractivity contribution in [1.82, 2.24) is 5.32 Å². The highest BCUT2D eigenvalue weighted by Crippen LogP contribution is 2.36. The van der Waals surface area contributed by atoms with Crippen LogP contribution in [0.3, 0.4) is 0 Å². The molecule has 0 amide bonds. The minimum atomic E-state index is 0.115. The maximum atomic E-state index is 12.5. The van der Waals surface area contributed by atoms with Crippen molar-refractivity contribution in [3.8, 4) is 0 Å². The van der Waals surface area contributed by atoms with Gasteiger partial charge >= 0.3 is 0 Å². The summed E-state index contributed by atoms with van der Waals surface area (Å²) in [6, 6.07) is 10.6. The van der Waals surface area contributed by atoms with Crippen molar-refractivity contribution in [3.63, 3.8) is 0 Å². The van der Waals surface area contributed by atoms with E-state index in [1.165, 1.54) is 6.42 Å². The summed E-state index contributed by atoms with van der Waals surface area (Å²) in [5, 5.41) is 4.51. The number of fused-ring (bicyclic) bond motifs is 3. The molecule has 18 heavy (non-hydrogen) atoms. The van der Waals surface area contributed by atoms with Crippen molar-refractivity contribution >= 4 is 16.8 Å². The molecule has 2 fully saturated rings. The van der Waals surface area contributed by atoms with E-state index in [4.69, 9.17) is 4.42 Å². The molecule has 2 bridgehead atoms. The Kier molecular flexibility index (Phi) is 2.12. The summed E-state index contributed by atoms with van der Waals surface area (Å²) in [7, 11) is 0. The highest BCUT2D eigenvalue weighted by atomic mass is 16.3. The van der Waals surface area contributed by atoms with Crippen molar-refractivity contribution in [2.75, 3.05) is 0 Å². The lowest BCUT2D eigenvalue weighted by molar-refractivity contribution is 0.0874. The van der Waals surface area contributed by atoms with Gasteiger partial charge in [-0.05, 0) is 31.4 Å². The van der Waals surface area contributed by atoms with Crippen LogP contribution < -0.4 is 5.32 Å². The van der Waals surface area contributed by atoms with Gasteiger partial charge in [0, 0.05) is 23.4 Å². The summed E-state index contributed by atoms with van der Waals surface area (Å²) in [4.78, 5) is 12.5. The molecule has 0 spiro atoms. The summed E-state index contributed by atoms with van der Waals surface area (Å²) >= 11 is 0. The summed E-state index contributed by atoms with van der Waals surface area (Å²) in [5.74, 6) is 0.811. The van der Waals surface area contributed by atoms with E-state index in [1.807, 2.05) is 30.3 Å². The van der Waals surface area contributed by atoms with E-state index in [1.54, 1.807) is 0 Å². The number of furan rings is 1. The molecule has 2 aromatic rings. The third kappa shape index (κ3) is 1.44. The zero-order valence-electron chi connectivity index (χ0n) is 10.1. The molecule has 3 heteroatoms. The highest BCUT2D eigenvalue weighted by molar-refractivity contribution is 5.99. The van der Waals surface area contributed by atoms with Gasteiger partial charge in [0.05, 0.1) is 0 Å². The van der Waals surface area contributed by atoms with E-state index < -0.39 is 0 Å². The number of benzene rings is 1. The lowest BCUT2D eigenvalue weighted by Crippen LogP contribution is -2.28. The average Bonchev–Trinajstić information content (AvgIpc) is 3.11. The number of rotatable bonds is 2. The average molecular weight is 241 g/mol. The van der Waals surface area contributed by atoms with Gasteiger partial charge in [-0.3, -0.25) is 4.79 Å². The van der Waals surface area contributed by atoms with Crippen LogP contribution in [0, 0.1) is 5.92 Å². The zero-order valence-corrected chi connectivity index (χ0v) is 10.1. The van der Waals surface area contributed by atoms with Crippen molar-refractivity contribution in [2.45, 2.75) is 31.3 Å². The Balaban J connectivity index is 1.68. The lowest BCUT2D eigenvalue weighted by atomic mass is 9.85. The number of carbonyl (C=O) groups excluding carboxylic acids is 1. The topological polar surface area (TPSA) is 42.2 Å². The van der Waals surface area contributed by atoms with Crippen molar-refractivity contribution in [3.05, 3.63) is 36.1 Å². The van der Waals surface area contributed by atoms with E-state index in [2.05, 4.69) is 5.32 Å². The molecule has 92 valence electrons. The fourth-order valence-electron chi connectivity index (χ4n) is 3.40. The number of ketones is 1. The van der Waals surface area contributed by atoms with Gasteiger partial charge in [-0.25, -0.2) is 0 Å². The number of hydrogen-bond donors (Lipinski definition) is 1. The molecule has 3 atom stereocenters. The minimum absolute atomic E-state index is 0.115. The molecule has 2 saturated heterocycles. The van der Waals surface area contributed by atoms with Crippen LogP contribution in [0.1, 0.15) is 29.8 Å². The van der Waals surface area contributed by atoms with Gasteiger partial charge in [0.2, 0.25) is 5.78 Å². The largest absolute Gasteiger partial charge is 0.453 e. The van der Waals surface area contributed by atoms with Crippen molar-refractivity contribution in [2.24, 2.45) is 5.92 Å². The van der Waals surface area contributed by atoms with E-state index in [9.17, 15) is 4.79 Å². The Morgan fingerprint density at radius 1 is 1.28 bits per heavy atom. The van der Waals surface area contributed by atoms with Crippen LogP contribution in [-0.2, 0) is 0 Å². The third-order valence-electron chi connectivity index (χ3n) is 4.31. The first kappa shape index (κ1) is 10.3. The molecule has 0 aliphatic carbocycles. The molecular weight excluding hydrogens is 226 g/mol. The molecule has 1 N–H and O–H groups in total. The molecule has 2 aliphatic rings. The van der Waals surface area contributed by atoms with Gasteiger partial charge in [-0.2, -0.15) is 0 Å². The van der Waals surface area contributed by atoms with Crippen LogP contribution in [0.4, 0.5) is 0 Å². The predicted octanol–water partition coefficient (Wildman–Crippen LogP) is 2.76. The summed E-state index contributed by atoms with van der Waals surface area (Å²) in [5.41, 5.74) is 0.803. The van der Waals surface area contributed by atoms with Gasteiger partial charge in [-0.15, -0.1) is 0 Å². The highest BCUT2D eigenvalue weighted by Gasteiger charge is 2.43. The van der Waals surface area contributed by atoms with Crippen molar-refractivity contribution < 1.29 is 9.21 Å². The normalized spacial score (nSPS) is 30.1. The van der Waals surface area contributed by atoms with E-state index in [-0.39, 0.29) is 11.7 Å². The number of nitrogens with one attached hydrogen (secondary N) is 1. The first-order chi connectivity index (χ1) is 8.81. The van der Waals surface area contributed by atoms with Crippen LogP contribution >= 0.6 is 0 Å². The van der Waals surface area contributed by atoms with Crippen LogP contribution in [0.5, 0.6) is 0 Å². The molecule has 1 aromatic heterocycles. The molecule has 3 unspecified atom stereocenters. The van der Waals surface area contributed by atoms with Gasteiger partial charge in [0.15, 0.2) is 5.76 Å². The summed E-state index contributed by atoms with van der Waals surface area (Å²) < 4.78 is 5.67. The predicted molar refractivity (Wildman–Crippen MR) is 68.6 cm³/mol. The Morgan fingerprint density at radius 3 is 2.89 bits per heavy atom. The molecule has 2 aliphatic heterocycles. The first-order valence-electron chi connectivity index (χ1n) is 6.60. The Morgan fingerprint density at radius 2 is 2.17 bits per heavy atom. The monoisotopic (exact) mass is 241 g/mol. The Hall–Kier alpha value is -1.61. The van der Waals surface area contributed by atoms with Crippen LogP contribution in [0.15, 0.2) is 34.7 Å². The zero-order chi connectivity index (χ0) is 12.1. The molecule has 3 heterocycles. The number of para-hydroxylation sites is 1. The molecule has 0 saturated carbocycles. The number of carbonyl (C=O) groups is 1. The third-order valence-corrected chi connectivity index (χ3v) is 4.31. The Labute approximate surface area is 105 Å². The number of hydrogen-bond acceptors (Lipinski definition) is 3. The van der Waals surface area contributed by atoms with E-state index in [0.29, 0.717) is 17.8 Å². The second kappa shape index (κ2) is 3.69. The minimum Gasteiger partial charge on any atom is -0.453 e. The van der Waals surface area contributed by atoms with Gasteiger partial charge in [0.1, 0.15) is 5.58 Å². The van der Waals surface area contributed by atoms with E-state index >= 15 is 0 Å². The fourth-order valence-corrected chi connectivity index (χ4v) is 3.40. The number of Topliss-reactive ketones (excluding diaryl/α,β-unsaturated/α-hetero) is 1. The van der Waals surface area contributed by atoms with Gasteiger partial charge < -0.3 is 9.73 Å². The van der Waals surface area contributed by atoms with E-state index in [0.717, 1.165) is 23.8 Å². The standard InChI is InChI=1S/C15H15NO2/c17-15(11-8-10-5-6-12(11)16-10)14-7-9-3-1-2-4-13(9)18-14/h1-4,7,10-12,16H,5-6,8H2. The van der Waals surface area contributed by atoms with Gasteiger partial charge in [0.25, 0.3) is 0 Å². The summed E-state index contributed by atoms with van der Waals surface area (Å²) in [6.45, 7) is 0. The quantitative estimate of drug-likeness (QED) is 0.822. The van der Waals surface area contributed by atoms with Crippen LogP contribution in [-0.4, -0.2) is 17.9 Å². The maximum absolute atomic E-state index is 12.5. The molecular formula is C15H15NO2. The molecule has 0 radical (unpaired) electrons. The SMILES string of the molecule is O=C(c1cc2ccccc2o1)C1CC2CCC1N2. The Bertz CT molecular complexity index is 583. The molecule has 3 nitrogen and oxygen atoms in total. The van der Waals surface area contributed by atoms with Crippen molar-refractivity contribution in [1.29, 1.82) is 0 Å². The lowest BCUT2D eigenvalue weighted by Gasteiger charge is -2.17. The first-order valence-corrected chi connectivity index (χ1v) is 6.60. The maximum Gasteiger partial charge on any atom is 0.202 e. The van der Waals surface area contributed by atoms with Crippen LogP contribution in [0.25, 0.3) is 11.0 Å². The summed E-state index contributed by atoms with van der Waals surface area (Å²) in [6.07, 6.45) is 3.32. The fraction of sp³-hybridized carbons (Fsp3) is 0.400. The smallest absolute Gasteiger partial charge is 0.202 e. The second-order valence-corrected chi connectivity index (χ2v) is 5.40. The molecule has 4 rings (SSSR count). The molecule has 1 aromatic carbocycles. The van der Waals surface area contributed by atoms with Crippen LogP contribution in [0.2, 0.25) is 0 Å².